The second kappa shape index (κ2) is 5.84. The van der Waals surface area contributed by atoms with E-state index < -0.39 is 6.72 Å². The minimum Gasteiger partial charge on any atom is -0.310 e. The summed E-state index contributed by atoms with van der Waals surface area (Å²) in [5.74, 6) is 0.706. The molecule has 0 aromatic rings. The van der Waals surface area contributed by atoms with Gasteiger partial charge in [-0.05, 0) is 13.3 Å². The predicted octanol–water partition coefficient (Wildman–Crippen LogP) is 2.40. The Morgan fingerprint density at radius 1 is 1.82 bits per heavy atom. The molecule has 0 rings (SSSR count). The van der Waals surface area contributed by atoms with E-state index in [-0.39, 0.29) is 0 Å². The number of nitrogens with two attached hydrogens (primary N) is 1. The highest BCUT2D eigenvalue weighted by Gasteiger charge is 2.15. The highest BCUT2D eigenvalue weighted by Crippen LogP contribution is 2.52. The van der Waals surface area contributed by atoms with Crippen molar-refractivity contribution < 1.29 is 9.09 Å². The minimum atomic E-state index is -2.85. The van der Waals surface area contributed by atoms with Crippen LogP contribution in [0.5, 0.6) is 0 Å². The molecule has 0 spiro atoms. The molecule has 11 heavy (non-hydrogen) atoms. The summed E-state index contributed by atoms with van der Waals surface area (Å²) in [5.41, 5.74) is 5.33. The van der Waals surface area contributed by atoms with Gasteiger partial charge in [0.1, 0.15) is 0 Å². The van der Waals surface area contributed by atoms with Gasteiger partial charge < -0.3 is 4.52 Å². The van der Waals surface area contributed by atoms with E-state index in [9.17, 15) is 4.57 Å². The molecule has 0 aliphatic carbocycles. The van der Waals surface area contributed by atoms with E-state index in [1.165, 1.54) is 11.4 Å². The number of rotatable bonds is 6. The second-order valence-corrected chi connectivity index (χ2v) is 6.17. The molecule has 3 nitrogen and oxygen atoms in total. The van der Waals surface area contributed by atoms with Crippen molar-refractivity contribution in [3.05, 3.63) is 12.7 Å². The predicted molar refractivity (Wildman–Crippen MR) is 50.7 cm³/mol. The molecule has 0 radical (unpaired) electrons. The van der Waals surface area contributed by atoms with Gasteiger partial charge in [-0.15, -0.1) is 6.58 Å². The van der Waals surface area contributed by atoms with Crippen molar-refractivity contribution in [2.75, 3.05) is 12.4 Å². The van der Waals surface area contributed by atoms with Gasteiger partial charge in [0.05, 0.1) is 6.61 Å². The Hall–Kier alpha value is 0.240. The molecule has 0 aromatic heterocycles. The van der Waals surface area contributed by atoms with Crippen molar-refractivity contribution in [3.63, 3.8) is 0 Å². The number of hydrogen-bond donors (Lipinski definition) is 1. The van der Waals surface area contributed by atoms with Crippen LogP contribution in [-0.4, -0.2) is 12.4 Å². The first-order valence-electron chi connectivity index (χ1n) is 3.41. The summed E-state index contributed by atoms with van der Waals surface area (Å²) < 4.78 is 16.0. The first-order chi connectivity index (χ1) is 5.12. The van der Waals surface area contributed by atoms with E-state index in [1.54, 1.807) is 13.0 Å². The summed E-state index contributed by atoms with van der Waals surface area (Å²) >= 11 is 1.17. The lowest BCUT2D eigenvalue weighted by Gasteiger charge is -2.09. The van der Waals surface area contributed by atoms with Crippen LogP contribution in [0.4, 0.5) is 0 Å². The smallest absolute Gasteiger partial charge is 0.310 e. The first kappa shape index (κ1) is 11.2. The Balaban J connectivity index is 3.54. The Bertz CT molecular complexity index is 163. The summed E-state index contributed by atoms with van der Waals surface area (Å²) in [6.45, 7) is 2.86. The molecule has 0 amide bonds. The fourth-order valence-corrected chi connectivity index (χ4v) is 3.06. The van der Waals surface area contributed by atoms with Gasteiger partial charge in [-0.1, -0.05) is 17.5 Å². The highest BCUT2D eigenvalue weighted by molar-refractivity contribution is 8.55. The number of allylic oxidation sites excluding steroid dienone is 1. The Morgan fingerprint density at radius 2 is 2.45 bits per heavy atom. The van der Waals surface area contributed by atoms with Crippen LogP contribution in [-0.2, 0) is 9.09 Å². The molecule has 0 saturated heterocycles. The summed E-state index contributed by atoms with van der Waals surface area (Å²) in [4.78, 5) is 0. The lowest BCUT2D eigenvalue weighted by Crippen LogP contribution is -1.96. The van der Waals surface area contributed by atoms with Crippen LogP contribution in [0, 0.1) is 0 Å². The first-order valence-corrected chi connectivity index (χ1v) is 6.69. The molecule has 5 heteroatoms. The third-order valence-corrected chi connectivity index (χ3v) is 4.24. The summed E-state index contributed by atoms with van der Waals surface area (Å²) in [6, 6.07) is 0. The van der Waals surface area contributed by atoms with E-state index in [1.807, 2.05) is 0 Å². The largest absolute Gasteiger partial charge is 0.323 e. The monoisotopic (exact) mass is 195 g/mol. The van der Waals surface area contributed by atoms with Crippen LogP contribution in [0.3, 0.4) is 0 Å². The third kappa shape index (κ3) is 6.63. The third-order valence-electron chi connectivity index (χ3n) is 0.902. The van der Waals surface area contributed by atoms with Crippen molar-refractivity contribution >= 4 is 18.1 Å². The summed E-state index contributed by atoms with van der Waals surface area (Å²) in [7, 11) is 0. The van der Waals surface area contributed by atoms with Crippen LogP contribution in [0.25, 0.3) is 0 Å². The maximum absolute atomic E-state index is 11.2. The van der Waals surface area contributed by atoms with Crippen LogP contribution in [0.15, 0.2) is 12.7 Å². The van der Waals surface area contributed by atoms with Crippen molar-refractivity contribution in [2.24, 2.45) is 5.50 Å². The van der Waals surface area contributed by atoms with E-state index >= 15 is 0 Å². The van der Waals surface area contributed by atoms with Gasteiger partial charge in [0.2, 0.25) is 0 Å². The van der Waals surface area contributed by atoms with Crippen molar-refractivity contribution in [1.82, 2.24) is 0 Å². The van der Waals surface area contributed by atoms with Gasteiger partial charge in [-0.2, -0.15) is 0 Å². The van der Waals surface area contributed by atoms with Crippen LogP contribution in [0.1, 0.15) is 13.3 Å². The molecular formula is C6H14NO2PS. The zero-order valence-electron chi connectivity index (χ0n) is 6.66. The molecule has 0 saturated carbocycles. The van der Waals surface area contributed by atoms with Crippen LogP contribution in [0.2, 0.25) is 0 Å². The molecule has 2 N–H and O–H groups in total. The van der Waals surface area contributed by atoms with Crippen LogP contribution >= 0.6 is 18.1 Å². The Kier molecular flexibility index (Phi) is 5.96. The van der Waals surface area contributed by atoms with Gasteiger partial charge in [-0.25, -0.2) is 0 Å². The topological polar surface area (TPSA) is 52.3 Å². The summed E-state index contributed by atoms with van der Waals surface area (Å²) in [5, 5.41) is 0. The molecule has 0 aromatic carbocycles. The average Bonchev–Trinajstić information content (AvgIpc) is 1.87. The fourth-order valence-electron chi connectivity index (χ4n) is 0.480. The van der Waals surface area contributed by atoms with E-state index in [2.05, 4.69) is 6.58 Å². The molecule has 66 valence electrons. The minimum absolute atomic E-state index is 0.398. The molecule has 1 unspecified atom stereocenters. The molecular weight excluding hydrogens is 181 g/mol. The Morgan fingerprint density at radius 3 is 2.91 bits per heavy atom. The molecule has 0 fully saturated rings. The van der Waals surface area contributed by atoms with E-state index in [0.29, 0.717) is 12.4 Å². The quantitative estimate of drug-likeness (QED) is 0.401. The SMILES string of the molecule is C=CCCSP(N)(=O)OCC. The summed E-state index contributed by atoms with van der Waals surface area (Å²) in [6.07, 6.45) is 2.57. The maximum atomic E-state index is 11.2. The van der Waals surface area contributed by atoms with Gasteiger partial charge in [0, 0.05) is 5.75 Å². The van der Waals surface area contributed by atoms with Gasteiger partial charge in [0.15, 0.2) is 0 Å². The maximum Gasteiger partial charge on any atom is 0.323 e. The molecule has 0 aliphatic rings. The van der Waals surface area contributed by atoms with Gasteiger partial charge in [-0.3, -0.25) is 10.1 Å². The fraction of sp³-hybridized carbons (Fsp3) is 0.667. The lowest BCUT2D eigenvalue weighted by atomic mass is 10.5. The lowest BCUT2D eigenvalue weighted by molar-refractivity contribution is 0.346. The highest BCUT2D eigenvalue weighted by atomic mass is 32.7. The average molecular weight is 195 g/mol. The van der Waals surface area contributed by atoms with E-state index in [0.717, 1.165) is 6.42 Å². The van der Waals surface area contributed by atoms with Crippen molar-refractivity contribution in [2.45, 2.75) is 13.3 Å². The second-order valence-electron chi connectivity index (χ2n) is 1.87. The molecule has 1 atom stereocenters. The zero-order chi connectivity index (χ0) is 8.74. The zero-order valence-corrected chi connectivity index (χ0v) is 8.37. The number of hydrogen-bond acceptors (Lipinski definition) is 3. The Labute approximate surface area is 71.6 Å². The molecule has 0 heterocycles. The van der Waals surface area contributed by atoms with Crippen LogP contribution < -0.4 is 5.50 Å². The van der Waals surface area contributed by atoms with Gasteiger partial charge in [0.25, 0.3) is 0 Å². The normalized spacial score (nSPS) is 15.8. The van der Waals surface area contributed by atoms with Gasteiger partial charge >= 0.3 is 6.72 Å². The van der Waals surface area contributed by atoms with Crippen molar-refractivity contribution in [1.29, 1.82) is 0 Å². The molecule has 0 bridgehead atoms. The standard InChI is InChI=1S/C6H14NO2PS/c1-3-5-6-11-10(7,8)9-4-2/h3H,1,4-6H2,2H3,(H2,7,8). The van der Waals surface area contributed by atoms with Crippen molar-refractivity contribution in [3.8, 4) is 0 Å². The molecule has 0 aliphatic heterocycles. The van der Waals surface area contributed by atoms with E-state index in [4.69, 9.17) is 10.0 Å².